The third-order valence-electron chi connectivity index (χ3n) is 6.73. The largest absolute Gasteiger partial charge is 0.430 e. The molecule has 1 atom stereocenters. The van der Waals surface area contributed by atoms with Crippen molar-refractivity contribution < 1.29 is 49.1 Å². The Bertz CT molecular complexity index is 1550. The van der Waals surface area contributed by atoms with Crippen LogP contribution in [0.4, 0.5) is 36.4 Å². The molecule has 0 bridgehead atoms. The van der Waals surface area contributed by atoms with Crippen molar-refractivity contribution in [2.24, 2.45) is 0 Å². The Hall–Kier alpha value is -3.79. The average Bonchev–Trinajstić information content (AvgIpc) is 2.90. The normalized spacial score (nSPS) is 16.2. The minimum absolute atomic E-state index is 0.0447. The van der Waals surface area contributed by atoms with E-state index in [1.807, 2.05) is 0 Å². The van der Waals surface area contributed by atoms with Gasteiger partial charge >= 0.3 is 12.4 Å². The summed E-state index contributed by atoms with van der Waals surface area (Å²) < 4.78 is 123. The van der Waals surface area contributed by atoms with Gasteiger partial charge in [0.15, 0.2) is 0 Å². The highest BCUT2D eigenvalue weighted by Crippen LogP contribution is 2.51. The fourth-order valence-electron chi connectivity index (χ4n) is 4.57. The number of hydrogen-bond acceptors (Lipinski definition) is 6. The third kappa shape index (κ3) is 5.90. The number of anilines is 1. The molecular weight excluding hydrogens is 597 g/mol. The van der Waals surface area contributed by atoms with E-state index in [1.165, 1.54) is 12.4 Å². The predicted octanol–water partition coefficient (Wildman–Crippen LogP) is 4.45. The van der Waals surface area contributed by atoms with Gasteiger partial charge in [-0.1, -0.05) is 12.1 Å². The highest BCUT2D eigenvalue weighted by atomic mass is 32.2. The van der Waals surface area contributed by atoms with Crippen molar-refractivity contribution in [1.29, 1.82) is 0 Å². The van der Waals surface area contributed by atoms with Crippen LogP contribution in [0.15, 0.2) is 59.8 Å². The number of rotatable bonds is 7. The van der Waals surface area contributed by atoms with Crippen molar-refractivity contribution in [1.82, 2.24) is 15.3 Å². The van der Waals surface area contributed by atoms with Crippen LogP contribution in [0.3, 0.4) is 0 Å². The molecule has 226 valence electrons. The molecule has 0 saturated carbocycles. The summed E-state index contributed by atoms with van der Waals surface area (Å²) in [7, 11) is -4.61. The van der Waals surface area contributed by atoms with Gasteiger partial charge in [-0.2, -0.15) is 26.3 Å². The number of carbonyl (C=O) groups is 1. The first-order chi connectivity index (χ1) is 19.4. The number of alkyl halides is 6. The van der Waals surface area contributed by atoms with Crippen LogP contribution in [0.25, 0.3) is 0 Å². The van der Waals surface area contributed by atoms with E-state index in [0.29, 0.717) is 23.5 Å². The van der Waals surface area contributed by atoms with Gasteiger partial charge in [0.05, 0.1) is 40.8 Å². The number of sulfonamides is 1. The lowest BCUT2D eigenvalue weighted by Crippen LogP contribution is -2.54. The van der Waals surface area contributed by atoms with E-state index in [1.54, 1.807) is 6.92 Å². The molecule has 4 rings (SSSR count). The zero-order valence-electron chi connectivity index (χ0n) is 21.7. The van der Waals surface area contributed by atoms with Gasteiger partial charge in [-0.05, 0) is 55.7 Å². The molecule has 0 radical (unpaired) electrons. The number of aryl methyl sites for hydroxylation is 2. The molecule has 42 heavy (non-hydrogen) atoms. The summed E-state index contributed by atoms with van der Waals surface area (Å²) in [5.74, 6) is -1.38. The number of benzene rings is 2. The zero-order valence-corrected chi connectivity index (χ0v) is 22.5. The maximum absolute atomic E-state index is 13.7. The topological polar surface area (TPSA) is 112 Å². The molecule has 2 heterocycles. The van der Waals surface area contributed by atoms with Crippen LogP contribution in [-0.2, 0) is 33.4 Å². The molecule has 1 aliphatic rings. The number of fused-ring (bicyclic) bond motifs is 1. The Morgan fingerprint density at radius 3 is 2.24 bits per heavy atom. The van der Waals surface area contributed by atoms with Crippen molar-refractivity contribution in [3.8, 4) is 0 Å². The standard InChI is InChI=1S/C26H23F7N4O4S/c1-15-12-35-19(13-34-15)14-36-23(38)11-20-6-2-16-10-17(24(39,25(28,29)30)26(31,32)33)3-9-22(16)37(20)42(40,41)21-7-4-18(27)5-8-21/h3-5,7-10,12-13,20,39H,2,6,11,14H2,1H3,(H,36,38)/t20-/m0/s1. The molecule has 3 aromatic rings. The number of carbonyl (C=O) groups excluding carboxylic acids is 1. The lowest BCUT2D eigenvalue weighted by Gasteiger charge is -2.39. The first-order valence-electron chi connectivity index (χ1n) is 12.3. The number of hydrogen-bond donors (Lipinski definition) is 2. The van der Waals surface area contributed by atoms with E-state index in [-0.39, 0.29) is 30.6 Å². The number of nitrogens with one attached hydrogen (secondary N) is 1. The van der Waals surface area contributed by atoms with Crippen LogP contribution < -0.4 is 9.62 Å². The van der Waals surface area contributed by atoms with Crippen molar-refractivity contribution in [3.63, 3.8) is 0 Å². The van der Waals surface area contributed by atoms with Gasteiger partial charge in [0.25, 0.3) is 15.6 Å². The summed E-state index contributed by atoms with van der Waals surface area (Å²) in [6.45, 7) is 1.67. The second-order valence-electron chi connectivity index (χ2n) is 9.63. The summed E-state index contributed by atoms with van der Waals surface area (Å²) >= 11 is 0. The maximum atomic E-state index is 13.7. The van der Waals surface area contributed by atoms with E-state index in [4.69, 9.17) is 0 Å². The smallest absolute Gasteiger partial charge is 0.369 e. The van der Waals surface area contributed by atoms with Crippen LogP contribution in [0.2, 0.25) is 0 Å². The average molecular weight is 621 g/mol. The Kier molecular flexibility index (Phi) is 8.25. The summed E-state index contributed by atoms with van der Waals surface area (Å²) in [6, 6.07) is 3.99. The summed E-state index contributed by atoms with van der Waals surface area (Å²) in [5.41, 5.74) is -6.24. The molecule has 0 fully saturated rings. The van der Waals surface area contributed by atoms with E-state index in [2.05, 4.69) is 15.3 Å². The number of amides is 1. The van der Waals surface area contributed by atoms with Gasteiger partial charge in [0, 0.05) is 18.2 Å². The lowest BCUT2D eigenvalue weighted by molar-refractivity contribution is -0.376. The highest BCUT2D eigenvalue weighted by molar-refractivity contribution is 7.92. The van der Waals surface area contributed by atoms with E-state index < -0.39 is 62.6 Å². The monoisotopic (exact) mass is 620 g/mol. The fraction of sp³-hybridized carbons (Fsp3) is 0.346. The van der Waals surface area contributed by atoms with Crippen molar-refractivity contribution in [2.75, 3.05) is 4.31 Å². The molecular formula is C26H23F7N4O4S. The molecule has 0 spiro atoms. The molecule has 2 aromatic carbocycles. The molecule has 1 aromatic heterocycles. The Labute approximate surface area is 235 Å². The number of nitrogens with zero attached hydrogens (tertiary/aromatic N) is 3. The molecule has 0 unspecified atom stereocenters. The summed E-state index contributed by atoms with van der Waals surface area (Å²) in [5, 5.41) is 12.4. The molecule has 1 aliphatic heterocycles. The Morgan fingerprint density at radius 1 is 1.02 bits per heavy atom. The van der Waals surface area contributed by atoms with E-state index in [0.717, 1.165) is 34.6 Å². The molecule has 2 N–H and O–H groups in total. The van der Waals surface area contributed by atoms with Crippen molar-refractivity contribution in [3.05, 3.63) is 83.2 Å². The Balaban J connectivity index is 1.73. The van der Waals surface area contributed by atoms with E-state index >= 15 is 0 Å². The predicted molar refractivity (Wildman–Crippen MR) is 134 cm³/mol. The first kappa shape index (κ1) is 31.2. The molecule has 1 amide bonds. The van der Waals surface area contributed by atoms with Gasteiger partial charge < -0.3 is 10.4 Å². The van der Waals surface area contributed by atoms with Gasteiger partial charge in [0.1, 0.15) is 5.82 Å². The fourth-order valence-corrected chi connectivity index (χ4v) is 6.28. The molecule has 0 aliphatic carbocycles. The molecule has 8 nitrogen and oxygen atoms in total. The first-order valence-corrected chi connectivity index (χ1v) is 13.7. The third-order valence-corrected chi connectivity index (χ3v) is 8.61. The zero-order chi connectivity index (χ0) is 31.1. The number of aliphatic hydroxyl groups is 1. The van der Waals surface area contributed by atoms with Crippen LogP contribution in [0, 0.1) is 12.7 Å². The van der Waals surface area contributed by atoms with E-state index in [9.17, 15) is 49.1 Å². The Morgan fingerprint density at radius 2 is 1.67 bits per heavy atom. The number of halogens is 7. The summed E-state index contributed by atoms with van der Waals surface area (Å²) in [4.78, 5) is 20.5. The van der Waals surface area contributed by atoms with Gasteiger partial charge in [-0.15, -0.1) is 0 Å². The lowest BCUT2D eigenvalue weighted by atomic mass is 9.87. The summed E-state index contributed by atoms with van der Waals surface area (Å²) in [6.07, 6.45) is -10.2. The van der Waals surface area contributed by atoms with Crippen LogP contribution in [-0.4, -0.2) is 47.8 Å². The van der Waals surface area contributed by atoms with Gasteiger partial charge in [-0.25, -0.2) is 12.8 Å². The van der Waals surface area contributed by atoms with Gasteiger partial charge in [0.2, 0.25) is 5.91 Å². The van der Waals surface area contributed by atoms with Crippen LogP contribution in [0.5, 0.6) is 0 Å². The highest BCUT2D eigenvalue weighted by Gasteiger charge is 2.71. The van der Waals surface area contributed by atoms with Crippen molar-refractivity contribution in [2.45, 2.75) is 61.6 Å². The van der Waals surface area contributed by atoms with Crippen molar-refractivity contribution >= 4 is 21.6 Å². The van der Waals surface area contributed by atoms with Crippen LogP contribution >= 0.6 is 0 Å². The minimum atomic E-state index is -6.14. The quantitative estimate of drug-likeness (QED) is 0.378. The maximum Gasteiger partial charge on any atom is 0.430 e. The second kappa shape index (κ2) is 11.1. The molecule has 16 heteroatoms. The minimum Gasteiger partial charge on any atom is -0.369 e. The second-order valence-corrected chi connectivity index (χ2v) is 11.4. The molecule has 0 saturated heterocycles. The number of aromatic nitrogens is 2. The van der Waals surface area contributed by atoms with Gasteiger partial charge in [-0.3, -0.25) is 19.1 Å². The van der Waals surface area contributed by atoms with Crippen LogP contribution in [0.1, 0.15) is 35.4 Å². The SMILES string of the molecule is Cc1cnc(CNC(=O)C[C@@H]2CCc3cc(C(O)(C(F)(F)F)C(F)(F)F)ccc3N2S(=O)(=O)c2ccc(F)cc2)cn1.